The average molecular weight is 374 g/mol. The summed E-state index contributed by atoms with van der Waals surface area (Å²) in [7, 11) is 0. The molecule has 19 heavy (non-hydrogen) atoms. The highest BCUT2D eigenvalue weighted by Gasteiger charge is 2.26. The molecule has 2 rings (SSSR count). The van der Waals surface area contributed by atoms with Crippen molar-refractivity contribution in [3.63, 3.8) is 0 Å². The van der Waals surface area contributed by atoms with Gasteiger partial charge in [0.15, 0.2) is 11.4 Å². The smallest absolute Gasteiger partial charge is 0.358 e. The lowest BCUT2D eigenvalue weighted by atomic mass is 10.1. The van der Waals surface area contributed by atoms with Crippen LogP contribution >= 0.6 is 20.7 Å². The second-order valence-corrected chi connectivity index (χ2v) is 7.03. The third-order valence-corrected chi connectivity index (χ3v) is 4.18. The largest absolute Gasteiger partial charge is 0.476 e. The molecule has 0 aromatic carbocycles. The molecule has 0 unspecified atom stereocenters. The van der Waals surface area contributed by atoms with Crippen molar-refractivity contribution in [3.8, 4) is 5.75 Å². The van der Waals surface area contributed by atoms with Gasteiger partial charge < -0.3 is 9.84 Å². The Hall–Kier alpha value is -1.44. The summed E-state index contributed by atoms with van der Waals surface area (Å²) in [5.41, 5.74) is -0.332. The number of nitrogens with zero attached hydrogens (tertiary/aromatic N) is 2. The van der Waals surface area contributed by atoms with Crippen LogP contribution in [0.25, 0.3) is 0 Å². The number of hydrogen-bond acceptors (Lipinski definition) is 3. The molecule has 1 aromatic heterocycles. The lowest BCUT2D eigenvalue weighted by Gasteiger charge is -2.21. The molecule has 102 valence electrons. The standard InChI is InChI=1S/C13H15IN2O3/c1-13(2,3)16-11(12(17)18)10(8-15-16)19-9-5-4-6-14-7-9/h4-8H,1-3H3,(H,17,18). The molecule has 0 radical (unpaired) electrons. The van der Waals surface area contributed by atoms with Gasteiger partial charge in [0.25, 0.3) is 0 Å². The SMILES string of the molecule is CC(C)(C)n1ncc(OC2=CI=CC=C2)c1C(=O)O. The zero-order valence-corrected chi connectivity index (χ0v) is 13.1. The maximum Gasteiger partial charge on any atom is 0.358 e. The van der Waals surface area contributed by atoms with Gasteiger partial charge in [-0.2, -0.15) is 5.10 Å². The van der Waals surface area contributed by atoms with Crippen LogP contribution in [0.5, 0.6) is 5.75 Å². The molecular formula is C13H15IN2O3. The molecule has 0 fully saturated rings. The quantitative estimate of drug-likeness (QED) is 0.827. The van der Waals surface area contributed by atoms with Crippen LogP contribution in [0.2, 0.25) is 0 Å². The highest BCUT2D eigenvalue weighted by molar-refractivity contribution is 14.2. The van der Waals surface area contributed by atoms with Crippen molar-refractivity contribution in [3.05, 3.63) is 33.9 Å². The molecule has 0 amide bonds. The minimum absolute atomic E-state index is 0.0783. The zero-order valence-electron chi connectivity index (χ0n) is 10.9. The van der Waals surface area contributed by atoms with E-state index in [1.165, 1.54) is 10.9 Å². The van der Waals surface area contributed by atoms with E-state index in [1.807, 2.05) is 37.0 Å². The number of carboxylic acid groups (broad SMARTS) is 1. The first kappa shape index (κ1) is 14.0. The van der Waals surface area contributed by atoms with Gasteiger partial charge in [0.1, 0.15) is 5.76 Å². The molecule has 0 saturated heterocycles. The number of hydrogen-bond donors (Lipinski definition) is 1. The first-order valence-electron chi connectivity index (χ1n) is 5.71. The highest BCUT2D eigenvalue weighted by atomic mass is 127. The third kappa shape index (κ3) is 3.12. The summed E-state index contributed by atoms with van der Waals surface area (Å²) in [6.07, 6.45) is 5.21. The number of ether oxygens (including phenoxy) is 1. The Kier molecular flexibility index (Phi) is 3.88. The molecule has 6 heteroatoms. The maximum absolute atomic E-state index is 11.4. The van der Waals surface area contributed by atoms with Gasteiger partial charge in [0.2, 0.25) is 0 Å². The topological polar surface area (TPSA) is 64.4 Å². The van der Waals surface area contributed by atoms with Gasteiger partial charge >= 0.3 is 5.97 Å². The van der Waals surface area contributed by atoms with Crippen LogP contribution in [-0.2, 0) is 5.54 Å². The van der Waals surface area contributed by atoms with Crippen LogP contribution in [0.1, 0.15) is 31.3 Å². The summed E-state index contributed by atoms with van der Waals surface area (Å²) >= 11 is -0.139. The van der Waals surface area contributed by atoms with E-state index in [-0.39, 0.29) is 32.2 Å². The Morgan fingerprint density at radius 1 is 1.47 bits per heavy atom. The summed E-state index contributed by atoms with van der Waals surface area (Å²) in [6, 6.07) is 0. The number of halogens is 1. The molecule has 0 bridgehead atoms. The molecule has 2 heterocycles. The summed E-state index contributed by atoms with van der Waals surface area (Å²) in [5.74, 6) is -0.0698. The van der Waals surface area contributed by atoms with Crippen LogP contribution in [-0.4, -0.2) is 24.9 Å². The average Bonchev–Trinajstić information content (AvgIpc) is 2.74. The number of carboxylic acids is 1. The lowest BCUT2D eigenvalue weighted by Crippen LogP contribution is -2.27. The molecule has 5 nitrogen and oxygen atoms in total. The Morgan fingerprint density at radius 3 is 2.74 bits per heavy atom. The summed E-state index contributed by atoms with van der Waals surface area (Å²) in [4.78, 5) is 11.4. The van der Waals surface area contributed by atoms with Gasteiger partial charge in [0.05, 0.1) is 11.7 Å². The summed E-state index contributed by atoms with van der Waals surface area (Å²) < 4.78 is 11.2. The van der Waals surface area contributed by atoms with E-state index in [9.17, 15) is 9.90 Å². The Morgan fingerprint density at radius 2 is 2.21 bits per heavy atom. The fourth-order valence-corrected chi connectivity index (χ4v) is 2.95. The van der Waals surface area contributed by atoms with Gasteiger partial charge in [-0.05, 0) is 30.9 Å². The van der Waals surface area contributed by atoms with Gasteiger partial charge in [0, 0.05) is 4.08 Å². The number of aromatic carboxylic acids is 1. The fourth-order valence-electron chi connectivity index (χ4n) is 1.60. The van der Waals surface area contributed by atoms with Gasteiger partial charge in [-0.25, -0.2) is 9.48 Å². The number of allylic oxidation sites excluding steroid dienone is 2. The van der Waals surface area contributed by atoms with Crippen LogP contribution in [0.3, 0.4) is 0 Å². The van der Waals surface area contributed by atoms with Crippen LogP contribution in [0.15, 0.2) is 28.2 Å². The van der Waals surface area contributed by atoms with Crippen molar-refractivity contribution in [1.29, 1.82) is 0 Å². The van der Waals surface area contributed by atoms with Gasteiger partial charge in [-0.15, -0.1) is 0 Å². The Bertz CT molecular complexity index is 592. The fraction of sp³-hybridized carbons (Fsp3) is 0.308. The normalized spacial score (nSPS) is 14.8. The predicted octanol–water partition coefficient (Wildman–Crippen LogP) is 2.90. The molecule has 1 aliphatic heterocycles. The highest BCUT2D eigenvalue weighted by Crippen LogP contribution is 2.27. The van der Waals surface area contributed by atoms with E-state index >= 15 is 0 Å². The van der Waals surface area contributed by atoms with E-state index in [0.717, 1.165) is 0 Å². The second kappa shape index (κ2) is 5.28. The first-order valence-corrected chi connectivity index (χ1v) is 8.20. The van der Waals surface area contributed by atoms with E-state index in [4.69, 9.17) is 4.74 Å². The number of carbonyl (C=O) groups is 1. The van der Waals surface area contributed by atoms with Crippen molar-refractivity contribution >= 4 is 30.7 Å². The molecular weight excluding hydrogens is 359 g/mol. The molecule has 1 N–H and O–H groups in total. The monoisotopic (exact) mass is 374 g/mol. The van der Waals surface area contributed by atoms with Crippen molar-refractivity contribution < 1.29 is 14.6 Å². The van der Waals surface area contributed by atoms with E-state index in [2.05, 4.69) is 9.11 Å². The van der Waals surface area contributed by atoms with Crippen molar-refractivity contribution in [1.82, 2.24) is 9.78 Å². The zero-order chi connectivity index (χ0) is 14.0. The van der Waals surface area contributed by atoms with E-state index in [1.54, 1.807) is 0 Å². The van der Waals surface area contributed by atoms with Crippen molar-refractivity contribution in [2.45, 2.75) is 26.3 Å². The first-order chi connectivity index (χ1) is 8.89. The molecule has 0 saturated carbocycles. The Labute approximate surface area is 121 Å². The minimum atomic E-state index is -1.04. The third-order valence-electron chi connectivity index (χ3n) is 2.38. The molecule has 1 aromatic rings. The maximum atomic E-state index is 11.4. The van der Waals surface area contributed by atoms with E-state index < -0.39 is 11.5 Å². The van der Waals surface area contributed by atoms with Crippen molar-refractivity contribution in [2.24, 2.45) is 0 Å². The number of rotatable bonds is 3. The van der Waals surface area contributed by atoms with Crippen LogP contribution in [0, 0.1) is 0 Å². The molecule has 0 atom stereocenters. The minimum Gasteiger partial charge on any atom is -0.476 e. The molecule has 1 aliphatic rings. The van der Waals surface area contributed by atoms with Crippen molar-refractivity contribution in [2.75, 3.05) is 0 Å². The summed E-state index contributed by atoms with van der Waals surface area (Å²) in [5, 5.41) is 13.5. The summed E-state index contributed by atoms with van der Waals surface area (Å²) in [6.45, 7) is 5.70. The van der Waals surface area contributed by atoms with Crippen LogP contribution in [0.4, 0.5) is 0 Å². The van der Waals surface area contributed by atoms with Gasteiger partial charge in [-0.1, -0.05) is 26.8 Å². The van der Waals surface area contributed by atoms with Gasteiger partial charge in [-0.3, -0.25) is 0 Å². The number of aromatic nitrogens is 2. The molecule has 0 spiro atoms. The van der Waals surface area contributed by atoms with Crippen LogP contribution < -0.4 is 4.74 Å². The molecule has 0 aliphatic carbocycles. The lowest BCUT2D eigenvalue weighted by molar-refractivity contribution is 0.0671. The van der Waals surface area contributed by atoms with E-state index in [0.29, 0.717) is 5.76 Å². The second-order valence-electron chi connectivity index (χ2n) is 4.97. The predicted molar refractivity (Wildman–Crippen MR) is 82.1 cm³/mol. The Balaban J connectivity index is 2.39.